The molecule has 1 N–H and O–H groups in total. The first-order valence-electron chi connectivity index (χ1n) is 14.3. The van der Waals surface area contributed by atoms with Gasteiger partial charge >= 0.3 is 24.5 Å². The van der Waals surface area contributed by atoms with Crippen LogP contribution < -0.4 is 15.0 Å². The molecule has 0 aliphatic carbocycles. The Balaban J connectivity index is 1.66. The zero-order valence-corrected chi connectivity index (χ0v) is 27.1. The molecule has 2 aliphatic heterocycles. The quantitative estimate of drug-likeness (QED) is 0.267. The number of carbonyl (C=O) groups excluding carboxylic acids is 2. The summed E-state index contributed by atoms with van der Waals surface area (Å²) in [6.07, 6.45) is -8.52. The SMILES string of the molecule is CC(=O)Nc1cc(Cl)c(C(F)(F)F)c(-c2ncc3c(N4C[C@H]5CC[C@@H](C4)N5C(=O)OC(C)(C)C)nc(OCC(F)(F)F)nc3c2F)c1Cl. The molecule has 5 rings (SSSR count). The van der Waals surface area contributed by atoms with Gasteiger partial charge in [0.2, 0.25) is 5.91 Å². The molecule has 1 aromatic carbocycles. The number of anilines is 2. The molecule has 2 atom stereocenters. The average Bonchev–Trinajstić information content (AvgIpc) is 3.21. The van der Waals surface area contributed by atoms with Gasteiger partial charge in [-0.2, -0.15) is 36.3 Å². The van der Waals surface area contributed by atoms with Crippen LogP contribution in [0, 0.1) is 5.82 Å². The number of nitrogens with zero attached hydrogens (tertiary/aromatic N) is 5. The number of aromatic nitrogens is 3. The first-order valence-corrected chi connectivity index (χ1v) is 15.1. The van der Waals surface area contributed by atoms with E-state index < -0.39 is 92.9 Å². The second-order valence-electron chi connectivity index (χ2n) is 12.2. The summed E-state index contributed by atoms with van der Waals surface area (Å²) < 4.78 is 109. The molecule has 2 saturated heterocycles. The number of benzene rings is 1. The number of piperazine rings is 1. The molecule has 0 saturated carbocycles. The molecule has 0 radical (unpaired) electrons. The van der Waals surface area contributed by atoms with Crippen LogP contribution in [0.15, 0.2) is 12.3 Å². The molecule has 48 heavy (non-hydrogen) atoms. The van der Waals surface area contributed by atoms with E-state index >= 15 is 4.39 Å². The lowest BCUT2D eigenvalue weighted by molar-refractivity contribution is -0.154. The first kappa shape index (κ1) is 35.4. The van der Waals surface area contributed by atoms with Gasteiger partial charge in [-0.1, -0.05) is 23.2 Å². The van der Waals surface area contributed by atoms with Crippen LogP contribution in [0.5, 0.6) is 6.01 Å². The van der Waals surface area contributed by atoms with Crippen LogP contribution in [-0.2, 0) is 15.7 Å². The van der Waals surface area contributed by atoms with Gasteiger partial charge in [0.15, 0.2) is 12.4 Å². The van der Waals surface area contributed by atoms with Crippen molar-refractivity contribution in [2.24, 2.45) is 0 Å². The van der Waals surface area contributed by atoms with Gasteiger partial charge < -0.3 is 19.7 Å². The van der Waals surface area contributed by atoms with Crippen molar-refractivity contribution in [3.8, 4) is 17.3 Å². The monoisotopic (exact) mass is 726 g/mol. The fourth-order valence-corrected chi connectivity index (χ4v) is 6.34. The Bertz CT molecular complexity index is 1770. The number of hydrogen-bond donors (Lipinski definition) is 1. The zero-order valence-electron chi connectivity index (χ0n) is 25.6. The predicted molar refractivity (Wildman–Crippen MR) is 161 cm³/mol. The summed E-state index contributed by atoms with van der Waals surface area (Å²) in [5.74, 6) is -2.36. The van der Waals surface area contributed by atoms with Crippen molar-refractivity contribution < 1.29 is 49.8 Å². The molecule has 0 unspecified atom stereocenters. The van der Waals surface area contributed by atoms with E-state index in [1.807, 2.05) is 0 Å². The third-order valence-electron chi connectivity index (χ3n) is 7.44. The Labute approximate surface area is 278 Å². The second-order valence-corrected chi connectivity index (χ2v) is 13.0. The third-order valence-corrected chi connectivity index (χ3v) is 8.13. The van der Waals surface area contributed by atoms with Crippen molar-refractivity contribution in [1.29, 1.82) is 0 Å². The zero-order chi connectivity index (χ0) is 35.5. The van der Waals surface area contributed by atoms with Gasteiger partial charge in [0.05, 0.1) is 38.8 Å². The molecule has 2 aliphatic rings. The van der Waals surface area contributed by atoms with E-state index in [9.17, 15) is 35.9 Å². The maximum atomic E-state index is 16.4. The highest BCUT2D eigenvalue weighted by Crippen LogP contribution is 2.49. The number of hydrogen-bond acceptors (Lipinski definition) is 8. The fourth-order valence-electron chi connectivity index (χ4n) is 5.74. The lowest BCUT2D eigenvalue weighted by Crippen LogP contribution is -2.57. The van der Waals surface area contributed by atoms with Crippen LogP contribution in [0.25, 0.3) is 22.2 Å². The molecular weight excluding hydrogens is 700 g/mol. The molecular formula is C29H27Cl2F7N6O4. The lowest BCUT2D eigenvalue weighted by atomic mass is 10.0. The normalized spacial score (nSPS) is 18.4. The van der Waals surface area contributed by atoms with Crippen molar-refractivity contribution in [3.63, 3.8) is 0 Å². The van der Waals surface area contributed by atoms with E-state index in [4.69, 9.17) is 32.7 Å². The molecule has 0 spiro atoms. The number of alkyl halides is 6. The third kappa shape index (κ3) is 7.26. The van der Waals surface area contributed by atoms with E-state index in [1.54, 1.807) is 30.6 Å². The van der Waals surface area contributed by atoms with Crippen LogP contribution in [0.1, 0.15) is 46.1 Å². The predicted octanol–water partition coefficient (Wildman–Crippen LogP) is 7.64. The Kier molecular flexibility index (Phi) is 9.27. The number of ether oxygens (including phenoxy) is 2. The van der Waals surface area contributed by atoms with E-state index in [-0.39, 0.29) is 30.0 Å². The summed E-state index contributed by atoms with van der Waals surface area (Å²) >= 11 is 12.2. The topological polar surface area (TPSA) is 110 Å². The second kappa shape index (κ2) is 12.5. The summed E-state index contributed by atoms with van der Waals surface area (Å²) in [4.78, 5) is 39.7. The fraction of sp³-hybridized carbons (Fsp3) is 0.483. The summed E-state index contributed by atoms with van der Waals surface area (Å²) in [7, 11) is 0. The molecule has 3 aromatic rings. The number of rotatable bonds is 5. The van der Waals surface area contributed by atoms with Gasteiger partial charge in [-0.25, -0.2) is 9.18 Å². The van der Waals surface area contributed by atoms with Crippen molar-refractivity contribution in [3.05, 3.63) is 33.7 Å². The number of halogens is 9. The van der Waals surface area contributed by atoms with E-state index in [2.05, 4.69) is 20.3 Å². The van der Waals surface area contributed by atoms with Crippen molar-refractivity contribution in [1.82, 2.24) is 19.9 Å². The van der Waals surface area contributed by atoms with Crippen molar-refractivity contribution in [2.45, 2.75) is 70.6 Å². The van der Waals surface area contributed by atoms with Crippen LogP contribution in [0.2, 0.25) is 10.0 Å². The van der Waals surface area contributed by atoms with Crippen molar-refractivity contribution >= 4 is 57.6 Å². The van der Waals surface area contributed by atoms with Crippen molar-refractivity contribution in [2.75, 3.05) is 29.9 Å². The summed E-state index contributed by atoms with van der Waals surface area (Å²) in [5.41, 5.74) is -5.50. The smallest absolute Gasteiger partial charge is 0.422 e. The molecule has 10 nitrogen and oxygen atoms in total. The number of nitrogens with one attached hydrogen (secondary N) is 1. The molecule has 2 bridgehead atoms. The summed E-state index contributed by atoms with van der Waals surface area (Å²) in [6.45, 7) is 4.53. The number of carbonyl (C=O) groups is 2. The van der Waals surface area contributed by atoms with Gasteiger partial charge in [0.1, 0.15) is 22.6 Å². The summed E-state index contributed by atoms with van der Waals surface area (Å²) in [6, 6.07) is -0.996. The molecule has 2 aromatic heterocycles. The number of fused-ring (bicyclic) bond motifs is 3. The Morgan fingerprint density at radius 2 is 1.67 bits per heavy atom. The first-order chi connectivity index (χ1) is 22.1. The number of pyridine rings is 1. The van der Waals surface area contributed by atoms with Gasteiger partial charge in [-0.3, -0.25) is 14.7 Å². The number of amides is 2. The average molecular weight is 727 g/mol. The Hall–Kier alpha value is -3.86. The molecule has 4 heterocycles. The van der Waals surface area contributed by atoms with E-state index in [1.165, 1.54) is 0 Å². The van der Waals surface area contributed by atoms with Gasteiger partial charge in [0, 0.05) is 31.8 Å². The van der Waals surface area contributed by atoms with Gasteiger partial charge in [0.25, 0.3) is 0 Å². The molecule has 260 valence electrons. The highest BCUT2D eigenvalue weighted by atomic mass is 35.5. The maximum Gasteiger partial charge on any atom is 0.422 e. The molecule has 19 heteroatoms. The highest BCUT2D eigenvalue weighted by molar-refractivity contribution is 6.39. The van der Waals surface area contributed by atoms with Crippen LogP contribution in [-0.4, -0.2) is 75.4 Å². The van der Waals surface area contributed by atoms with Crippen LogP contribution in [0.4, 0.5) is 47.0 Å². The van der Waals surface area contributed by atoms with Gasteiger partial charge in [-0.05, 0) is 39.7 Å². The lowest BCUT2D eigenvalue weighted by Gasteiger charge is -2.42. The standard InChI is InChI=1S/C29H27Cl2F7N6O4/c1-12(45)40-17-7-16(30)19(29(36,37)38)18(20(17)31)23-21(32)22-15(8-39-23)24(42-25(41-22)47-11-28(33,34)35)43-9-13-5-6-14(10-43)44(13)26(46)48-27(2,3)4/h7-8,13-14H,5-6,9-11H2,1-4H3,(H,40,45)/t13-,14+. The van der Waals surface area contributed by atoms with Crippen LogP contribution in [0.3, 0.4) is 0 Å². The molecule has 2 fully saturated rings. The minimum absolute atomic E-state index is 0.0996. The minimum Gasteiger partial charge on any atom is -0.454 e. The summed E-state index contributed by atoms with van der Waals surface area (Å²) in [5, 5.41) is 0.348. The van der Waals surface area contributed by atoms with Gasteiger partial charge in [-0.15, -0.1) is 0 Å². The molecule has 2 amide bonds. The van der Waals surface area contributed by atoms with Crippen LogP contribution >= 0.6 is 23.2 Å². The minimum atomic E-state index is -5.20. The largest absolute Gasteiger partial charge is 0.454 e. The van der Waals surface area contributed by atoms with E-state index in [0.717, 1.165) is 19.2 Å². The van der Waals surface area contributed by atoms with E-state index in [0.29, 0.717) is 12.8 Å². The Morgan fingerprint density at radius 3 is 2.21 bits per heavy atom. The maximum absolute atomic E-state index is 16.4. The highest BCUT2D eigenvalue weighted by Gasteiger charge is 2.45. The Morgan fingerprint density at radius 1 is 1.04 bits per heavy atom.